The molecule has 0 aromatic rings. The molecule has 0 bridgehead atoms. The zero-order valence-electron chi connectivity index (χ0n) is 47.3. The molecule has 0 rings (SSSR count). The Hall–Kier alpha value is -1.66. The Labute approximate surface area is 437 Å². The molecule has 0 saturated heterocycles. The lowest BCUT2D eigenvalue weighted by molar-refractivity contribution is -0.143. The second-order valence-corrected chi connectivity index (χ2v) is 21.7. The van der Waals surface area contributed by atoms with Gasteiger partial charge in [-0.2, -0.15) is 0 Å². The first-order chi connectivity index (χ1) is 34.5. The third-order valence-corrected chi connectivity index (χ3v) is 14.7. The summed E-state index contributed by atoms with van der Waals surface area (Å²) in [6.07, 6.45) is 73.7. The van der Waals surface area contributed by atoms with Gasteiger partial charge in [0.15, 0.2) is 0 Å². The summed E-state index contributed by atoms with van der Waals surface area (Å²) >= 11 is 0. The van der Waals surface area contributed by atoms with Crippen molar-refractivity contribution in [3.8, 4) is 0 Å². The summed E-state index contributed by atoms with van der Waals surface area (Å²) in [6, 6.07) is -0.628. The van der Waals surface area contributed by atoms with E-state index in [4.69, 9.17) is 4.74 Å². The molecule has 0 aromatic heterocycles. The maximum atomic E-state index is 12.4. The summed E-state index contributed by atoms with van der Waals surface area (Å²) in [5.74, 6) is -0.0525. The fraction of sp³-hybridized carbons (Fsp3) is 0.906. The minimum absolute atomic E-state index is 0.0164. The lowest BCUT2D eigenvalue weighted by atomic mass is 10.0. The monoisotopic (exact) mass is 986 g/mol. The molecule has 0 radical (unpaired) electrons. The number of hydrogen-bond donors (Lipinski definition) is 3. The van der Waals surface area contributed by atoms with Gasteiger partial charge in [0.25, 0.3) is 0 Å². The first-order valence-electron chi connectivity index (χ1n) is 31.6. The van der Waals surface area contributed by atoms with Gasteiger partial charge in [-0.3, -0.25) is 9.59 Å². The average Bonchev–Trinajstić information content (AvgIpc) is 3.36. The number of ether oxygens (including phenoxy) is 1. The van der Waals surface area contributed by atoms with Crippen LogP contribution >= 0.6 is 0 Å². The summed E-state index contributed by atoms with van der Waals surface area (Å²) in [5.41, 5.74) is 0. The van der Waals surface area contributed by atoms with Gasteiger partial charge in [0, 0.05) is 12.8 Å². The Bertz CT molecular complexity index is 1090. The summed E-state index contributed by atoms with van der Waals surface area (Å²) in [5, 5.41) is 23.1. The molecule has 414 valence electrons. The zero-order valence-corrected chi connectivity index (χ0v) is 47.3. The second kappa shape index (κ2) is 59.9. The molecule has 0 fully saturated rings. The Kier molecular flexibility index (Phi) is 58.5. The minimum atomic E-state index is -0.844. The summed E-state index contributed by atoms with van der Waals surface area (Å²) in [4.78, 5) is 24.5. The van der Waals surface area contributed by atoms with E-state index in [-0.39, 0.29) is 18.5 Å². The lowest BCUT2D eigenvalue weighted by Gasteiger charge is -2.20. The number of aliphatic hydroxyl groups is 2. The molecule has 6 nitrogen and oxygen atoms in total. The van der Waals surface area contributed by atoms with Crippen LogP contribution in [0.4, 0.5) is 0 Å². The molecule has 0 saturated carbocycles. The van der Waals surface area contributed by atoms with E-state index in [2.05, 4.69) is 31.3 Å². The summed E-state index contributed by atoms with van der Waals surface area (Å²) in [7, 11) is 0. The van der Waals surface area contributed by atoms with Crippen molar-refractivity contribution in [2.75, 3.05) is 13.2 Å². The quantitative estimate of drug-likeness (QED) is 0.0321. The van der Waals surface area contributed by atoms with Crippen molar-refractivity contribution in [2.45, 2.75) is 360 Å². The molecule has 1 amide bonds. The van der Waals surface area contributed by atoms with Gasteiger partial charge in [-0.05, 0) is 57.8 Å². The van der Waals surface area contributed by atoms with Crippen molar-refractivity contribution in [2.24, 2.45) is 0 Å². The van der Waals surface area contributed by atoms with Crippen molar-refractivity contribution < 1.29 is 24.5 Å². The molecule has 0 aromatic carbocycles. The van der Waals surface area contributed by atoms with Gasteiger partial charge in [-0.15, -0.1) is 0 Å². The van der Waals surface area contributed by atoms with E-state index in [9.17, 15) is 19.8 Å². The van der Waals surface area contributed by atoms with Gasteiger partial charge in [-0.25, -0.2) is 0 Å². The molecule has 2 unspecified atom stereocenters. The Morgan fingerprint density at radius 2 is 0.671 bits per heavy atom. The molecule has 3 N–H and O–H groups in total. The maximum Gasteiger partial charge on any atom is 0.305 e. The van der Waals surface area contributed by atoms with Crippen LogP contribution in [0.1, 0.15) is 348 Å². The van der Waals surface area contributed by atoms with Crippen molar-refractivity contribution >= 4 is 11.9 Å². The van der Waals surface area contributed by atoms with Crippen LogP contribution in [0.3, 0.4) is 0 Å². The van der Waals surface area contributed by atoms with Crippen LogP contribution in [-0.2, 0) is 14.3 Å². The number of carbonyl (C=O) groups excluding carboxylic acids is 2. The van der Waals surface area contributed by atoms with Gasteiger partial charge in [-0.1, -0.05) is 301 Å². The molecular formula is C64H123NO5. The van der Waals surface area contributed by atoms with Gasteiger partial charge in [0.1, 0.15) is 0 Å². The molecule has 0 heterocycles. The molecule has 0 spiro atoms. The first-order valence-corrected chi connectivity index (χ1v) is 31.6. The van der Waals surface area contributed by atoms with E-state index in [0.29, 0.717) is 19.4 Å². The number of hydrogen-bond acceptors (Lipinski definition) is 5. The fourth-order valence-electron chi connectivity index (χ4n) is 9.87. The molecule has 0 aliphatic heterocycles. The third-order valence-electron chi connectivity index (χ3n) is 14.7. The molecule has 0 aliphatic carbocycles. The molecule has 70 heavy (non-hydrogen) atoms. The van der Waals surface area contributed by atoms with Crippen LogP contribution in [0.5, 0.6) is 0 Å². The van der Waals surface area contributed by atoms with Crippen molar-refractivity contribution in [1.82, 2.24) is 5.32 Å². The van der Waals surface area contributed by atoms with Crippen LogP contribution < -0.4 is 5.32 Å². The van der Waals surface area contributed by atoms with Crippen LogP contribution in [0.15, 0.2) is 24.3 Å². The van der Waals surface area contributed by atoms with Gasteiger partial charge >= 0.3 is 5.97 Å². The Balaban J connectivity index is 3.39. The Morgan fingerprint density at radius 1 is 0.386 bits per heavy atom. The topological polar surface area (TPSA) is 95.9 Å². The fourth-order valence-corrected chi connectivity index (χ4v) is 9.87. The largest absolute Gasteiger partial charge is 0.466 e. The van der Waals surface area contributed by atoms with Gasteiger partial charge in [0.05, 0.1) is 25.4 Å². The van der Waals surface area contributed by atoms with Crippen molar-refractivity contribution in [3.63, 3.8) is 0 Å². The maximum absolute atomic E-state index is 12.4. The normalized spacial score (nSPS) is 12.7. The molecule has 2 atom stereocenters. The van der Waals surface area contributed by atoms with Crippen LogP contribution in [0.2, 0.25) is 0 Å². The smallest absolute Gasteiger partial charge is 0.305 e. The van der Waals surface area contributed by atoms with Crippen molar-refractivity contribution in [3.05, 3.63) is 24.3 Å². The number of esters is 1. The number of rotatable bonds is 59. The number of allylic oxidation sites excluding steroid dienone is 3. The van der Waals surface area contributed by atoms with E-state index < -0.39 is 12.1 Å². The van der Waals surface area contributed by atoms with E-state index in [0.717, 1.165) is 38.5 Å². The van der Waals surface area contributed by atoms with E-state index in [1.165, 1.54) is 283 Å². The van der Waals surface area contributed by atoms with Gasteiger partial charge < -0.3 is 20.3 Å². The molecule has 6 heteroatoms. The SMILES string of the molecule is CCCCCCCCCCCCC/C=C/C(O)C(CO)NC(=O)CCCCCCCCCCCC/C=C\CCCCCCCCCCCCCCOC(=O)CCCCCCCCCCCCCCCC. The molecule has 0 aliphatic rings. The predicted octanol–water partition coefficient (Wildman–Crippen LogP) is 19.8. The van der Waals surface area contributed by atoms with Crippen LogP contribution in [0.25, 0.3) is 0 Å². The number of unbranched alkanes of at least 4 members (excludes halogenated alkanes) is 46. The zero-order chi connectivity index (χ0) is 50.7. The number of nitrogens with one attached hydrogen (secondary N) is 1. The standard InChI is InChI=1S/C64H123NO5/c1-3-5-7-9-11-13-15-17-34-38-42-46-50-54-58-64(69)70-59-55-51-47-43-39-35-31-29-27-25-23-21-19-18-20-22-24-26-28-30-33-37-41-45-49-53-57-63(68)65-61(60-66)62(67)56-52-48-44-40-36-32-16-14-12-10-8-6-4-2/h18,20,52,56,61-62,66-67H,3-17,19,21-51,53-55,57-60H2,1-2H3,(H,65,68)/b20-18-,56-52+. The highest BCUT2D eigenvalue weighted by Gasteiger charge is 2.18. The number of carbonyl (C=O) groups is 2. The van der Waals surface area contributed by atoms with Crippen LogP contribution in [-0.4, -0.2) is 47.4 Å². The summed E-state index contributed by atoms with van der Waals surface area (Å²) < 4.78 is 5.49. The third kappa shape index (κ3) is 55.7. The highest BCUT2D eigenvalue weighted by molar-refractivity contribution is 5.76. The highest BCUT2D eigenvalue weighted by atomic mass is 16.5. The van der Waals surface area contributed by atoms with Gasteiger partial charge in [0.2, 0.25) is 5.91 Å². The second-order valence-electron chi connectivity index (χ2n) is 21.7. The van der Waals surface area contributed by atoms with Crippen molar-refractivity contribution in [1.29, 1.82) is 0 Å². The summed E-state index contributed by atoms with van der Waals surface area (Å²) in [6.45, 7) is 4.92. The van der Waals surface area contributed by atoms with E-state index in [1.807, 2.05) is 6.08 Å². The van der Waals surface area contributed by atoms with Crippen LogP contribution in [0, 0.1) is 0 Å². The predicted molar refractivity (Wildman–Crippen MR) is 306 cm³/mol. The molecular weight excluding hydrogens is 863 g/mol. The average molecular weight is 987 g/mol. The van der Waals surface area contributed by atoms with E-state index >= 15 is 0 Å². The number of amides is 1. The first kappa shape index (κ1) is 68.3. The lowest BCUT2D eigenvalue weighted by Crippen LogP contribution is -2.45. The highest BCUT2D eigenvalue weighted by Crippen LogP contribution is 2.17. The minimum Gasteiger partial charge on any atom is -0.466 e. The van der Waals surface area contributed by atoms with E-state index in [1.54, 1.807) is 6.08 Å². The number of aliphatic hydroxyl groups excluding tert-OH is 2. The Morgan fingerprint density at radius 3 is 1.01 bits per heavy atom.